The van der Waals surface area contributed by atoms with Crippen LogP contribution in [0.2, 0.25) is 0 Å². The summed E-state index contributed by atoms with van der Waals surface area (Å²) in [7, 11) is 1.64. The van der Waals surface area contributed by atoms with E-state index in [2.05, 4.69) is 66.7 Å². The van der Waals surface area contributed by atoms with Crippen LogP contribution in [-0.2, 0) is 4.18 Å². The van der Waals surface area contributed by atoms with Crippen LogP contribution in [0.5, 0.6) is 0 Å². The lowest BCUT2D eigenvalue weighted by Crippen LogP contribution is -1.95. The van der Waals surface area contributed by atoms with Gasteiger partial charge in [-0.1, -0.05) is 60.7 Å². The van der Waals surface area contributed by atoms with E-state index in [9.17, 15) is 0 Å². The van der Waals surface area contributed by atoms with Crippen molar-refractivity contribution in [3.05, 3.63) is 84.1 Å². The molecule has 1 atom stereocenters. The number of allylic oxidation sites excluding steroid dienone is 2. The Morgan fingerprint density at radius 2 is 1.45 bits per heavy atom. The second-order valence-electron chi connectivity index (χ2n) is 4.52. The molecule has 0 radical (unpaired) electrons. The molecule has 2 aliphatic rings. The van der Waals surface area contributed by atoms with Crippen LogP contribution in [0.25, 0.3) is 10.5 Å². The minimum Gasteiger partial charge on any atom is -0.430 e. The van der Waals surface area contributed by atoms with Crippen LogP contribution < -0.4 is 0 Å². The highest BCUT2D eigenvalue weighted by molar-refractivity contribution is 8.86. The molecule has 98 valence electrons. The minimum absolute atomic E-state index is 0.181. The second-order valence-corrected chi connectivity index (χ2v) is 7.60. The molecule has 0 amide bonds. The molecular formula is C17H12OS2. The van der Waals surface area contributed by atoms with Gasteiger partial charge in [0.25, 0.3) is 0 Å². The number of hydrogen-bond acceptors (Lipinski definition) is 2. The normalized spacial score (nSPS) is 20.2. The average molecular weight is 296 g/mol. The van der Waals surface area contributed by atoms with Crippen LogP contribution in [-0.4, -0.2) is 4.86 Å². The molecule has 0 aliphatic carbocycles. The van der Waals surface area contributed by atoms with Gasteiger partial charge in [-0.15, -0.1) is 0 Å². The smallest absolute Gasteiger partial charge is 0.103 e. The number of hydrogen-bond donors (Lipinski definition) is 0. The molecule has 2 aromatic carbocycles. The first-order chi connectivity index (χ1) is 9.93. The van der Waals surface area contributed by atoms with Crippen LogP contribution >= 0.6 is 20.6 Å². The maximum atomic E-state index is 5.71. The zero-order valence-electron chi connectivity index (χ0n) is 10.7. The van der Waals surface area contributed by atoms with Gasteiger partial charge in [0.15, 0.2) is 0 Å². The van der Waals surface area contributed by atoms with Gasteiger partial charge in [0, 0.05) is 10.5 Å². The van der Waals surface area contributed by atoms with Crippen molar-refractivity contribution in [2.24, 2.45) is 0 Å². The fourth-order valence-electron chi connectivity index (χ4n) is 2.37. The van der Waals surface area contributed by atoms with Crippen LogP contribution in [0.15, 0.2) is 73.0 Å². The van der Waals surface area contributed by atoms with E-state index < -0.39 is 0 Å². The highest BCUT2D eigenvalue weighted by Gasteiger charge is 2.29. The Kier molecular flexibility index (Phi) is 3.02. The van der Waals surface area contributed by atoms with Crippen LogP contribution in [0.4, 0.5) is 0 Å². The average Bonchev–Trinajstić information content (AvgIpc) is 3.09. The first-order valence-corrected chi connectivity index (χ1v) is 8.90. The monoisotopic (exact) mass is 296 g/mol. The van der Waals surface area contributed by atoms with Crippen molar-refractivity contribution in [1.29, 1.82) is 0 Å². The van der Waals surface area contributed by atoms with E-state index >= 15 is 0 Å². The predicted octanol–water partition coefficient (Wildman–Crippen LogP) is 5.12. The molecule has 0 bridgehead atoms. The van der Waals surface area contributed by atoms with Crippen molar-refractivity contribution >= 4 is 35.9 Å². The van der Waals surface area contributed by atoms with Crippen molar-refractivity contribution in [2.45, 2.75) is 0 Å². The highest BCUT2D eigenvalue weighted by Crippen LogP contribution is 2.57. The largest absolute Gasteiger partial charge is 0.430 e. The minimum atomic E-state index is -0.181. The molecule has 0 N–H and O–H groups in total. The number of rotatable bonds is 2. The molecule has 0 aromatic heterocycles. The predicted molar refractivity (Wildman–Crippen MR) is 90.1 cm³/mol. The molecule has 2 heterocycles. The SMILES string of the molecule is C1=CC2=S(O1)SC(c1ccccc1)=C2c1ccccc1. The maximum Gasteiger partial charge on any atom is 0.103 e. The van der Waals surface area contributed by atoms with E-state index in [-0.39, 0.29) is 9.80 Å². The lowest BCUT2D eigenvalue weighted by atomic mass is 9.99. The van der Waals surface area contributed by atoms with Crippen LogP contribution in [0.1, 0.15) is 11.1 Å². The van der Waals surface area contributed by atoms with E-state index in [1.165, 1.54) is 26.5 Å². The molecule has 1 nitrogen and oxygen atoms in total. The Balaban J connectivity index is 1.92. The van der Waals surface area contributed by atoms with Gasteiger partial charge in [-0.05, 0) is 28.0 Å². The Labute approximate surface area is 124 Å². The van der Waals surface area contributed by atoms with E-state index in [1.54, 1.807) is 0 Å². The fraction of sp³-hybridized carbons (Fsp3) is 0. The van der Waals surface area contributed by atoms with Gasteiger partial charge in [0.2, 0.25) is 0 Å². The van der Waals surface area contributed by atoms with Gasteiger partial charge in [0.05, 0.1) is 14.7 Å². The standard InChI is InChI=1S/C17H12OS2/c1-3-7-13(8-4-1)16-15-11-12-18-20(15)19-17(16)14-9-5-2-6-10-14/h1-12H. The van der Waals surface area contributed by atoms with Crippen LogP contribution in [0, 0.1) is 0 Å². The molecular weight excluding hydrogens is 284 g/mol. The lowest BCUT2D eigenvalue weighted by molar-refractivity contribution is 0.578. The third-order valence-corrected chi connectivity index (χ3v) is 6.74. The molecule has 2 aliphatic heterocycles. The van der Waals surface area contributed by atoms with Gasteiger partial charge < -0.3 is 4.18 Å². The molecule has 0 saturated carbocycles. The molecule has 3 heteroatoms. The summed E-state index contributed by atoms with van der Waals surface area (Å²) in [5.41, 5.74) is 3.85. The van der Waals surface area contributed by atoms with E-state index in [1.807, 2.05) is 17.1 Å². The van der Waals surface area contributed by atoms with Gasteiger partial charge in [0.1, 0.15) is 6.26 Å². The lowest BCUT2D eigenvalue weighted by Gasteiger charge is -2.08. The summed E-state index contributed by atoms with van der Waals surface area (Å²) >= 11 is 0. The zero-order valence-corrected chi connectivity index (χ0v) is 12.3. The third kappa shape index (κ3) is 1.94. The van der Waals surface area contributed by atoms with Crippen molar-refractivity contribution in [3.8, 4) is 0 Å². The van der Waals surface area contributed by atoms with Gasteiger partial charge in [-0.2, -0.15) is 0 Å². The molecule has 2 aromatic rings. The highest BCUT2D eigenvalue weighted by atomic mass is 33.1. The van der Waals surface area contributed by atoms with Crippen molar-refractivity contribution in [3.63, 3.8) is 0 Å². The third-order valence-electron chi connectivity index (χ3n) is 3.27. The van der Waals surface area contributed by atoms with Crippen LogP contribution in [0.3, 0.4) is 0 Å². The molecule has 4 rings (SSSR count). The van der Waals surface area contributed by atoms with Gasteiger partial charge in [-0.3, -0.25) is 0 Å². The summed E-state index contributed by atoms with van der Waals surface area (Å²) in [6, 6.07) is 21.1. The quantitative estimate of drug-likeness (QED) is 0.562. The van der Waals surface area contributed by atoms with E-state index in [0.29, 0.717) is 0 Å². The summed E-state index contributed by atoms with van der Waals surface area (Å²) < 4.78 is 5.71. The van der Waals surface area contributed by atoms with E-state index in [0.717, 1.165) is 0 Å². The molecule has 20 heavy (non-hydrogen) atoms. The summed E-state index contributed by atoms with van der Waals surface area (Å²) in [4.78, 5) is 2.62. The Hall–Kier alpha value is -1.71. The maximum absolute atomic E-state index is 5.71. The second kappa shape index (κ2) is 5.00. The molecule has 0 spiro atoms. The molecule has 0 fully saturated rings. The zero-order chi connectivity index (χ0) is 13.4. The fourth-order valence-corrected chi connectivity index (χ4v) is 6.00. The van der Waals surface area contributed by atoms with Gasteiger partial charge in [-0.25, -0.2) is 0 Å². The first kappa shape index (κ1) is 12.1. The Bertz CT molecular complexity index is 743. The van der Waals surface area contributed by atoms with Crippen molar-refractivity contribution < 1.29 is 4.18 Å². The first-order valence-electron chi connectivity index (χ1n) is 6.42. The summed E-state index contributed by atoms with van der Waals surface area (Å²) in [6.45, 7) is 0. The van der Waals surface area contributed by atoms with Crippen molar-refractivity contribution in [1.82, 2.24) is 0 Å². The number of benzene rings is 2. The molecule has 0 saturated heterocycles. The molecule has 1 unspecified atom stereocenters. The van der Waals surface area contributed by atoms with E-state index in [4.69, 9.17) is 4.18 Å². The topological polar surface area (TPSA) is 9.23 Å². The summed E-state index contributed by atoms with van der Waals surface area (Å²) in [5, 5.41) is 0. The summed E-state index contributed by atoms with van der Waals surface area (Å²) in [5.74, 6) is 0. The Morgan fingerprint density at radius 3 is 2.15 bits per heavy atom. The van der Waals surface area contributed by atoms with Crippen molar-refractivity contribution in [2.75, 3.05) is 0 Å². The Morgan fingerprint density at radius 1 is 0.800 bits per heavy atom. The van der Waals surface area contributed by atoms with Gasteiger partial charge >= 0.3 is 0 Å². The summed E-state index contributed by atoms with van der Waals surface area (Å²) in [6.07, 6.45) is 3.92.